The van der Waals surface area contributed by atoms with Gasteiger partial charge in [0, 0.05) is 24.6 Å². The van der Waals surface area contributed by atoms with Crippen LogP contribution >= 0.6 is 0 Å². The van der Waals surface area contributed by atoms with E-state index in [2.05, 4.69) is 24.7 Å². The fraction of sp³-hybridized carbons (Fsp3) is 0.579. The lowest BCUT2D eigenvalue weighted by molar-refractivity contribution is -0.136. The van der Waals surface area contributed by atoms with Crippen LogP contribution in [0.3, 0.4) is 0 Å². The van der Waals surface area contributed by atoms with Gasteiger partial charge in [0.15, 0.2) is 0 Å². The van der Waals surface area contributed by atoms with Crippen molar-refractivity contribution in [1.29, 1.82) is 0 Å². The summed E-state index contributed by atoms with van der Waals surface area (Å²) in [4.78, 5) is 26.7. The van der Waals surface area contributed by atoms with Gasteiger partial charge in [-0.3, -0.25) is 9.59 Å². The summed E-state index contributed by atoms with van der Waals surface area (Å²) in [6.07, 6.45) is 10.6. The lowest BCUT2D eigenvalue weighted by atomic mass is 10.1. The average Bonchev–Trinajstić information content (AvgIpc) is 2.87. The molecule has 0 bridgehead atoms. The molecule has 1 N–H and O–H groups in total. The first-order valence-electron chi connectivity index (χ1n) is 8.50. The third kappa shape index (κ3) is 4.89. The Morgan fingerprint density at radius 3 is 2.71 bits per heavy atom. The highest BCUT2D eigenvalue weighted by atomic mass is 16.5. The highest BCUT2D eigenvalue weighted by Crippen LogP contribution is 2.30. The predicted molar refractivity (Wildman–Crippen MR) is 94.7 cm³/mol. The maximum absolute atomic E-state index is 13.0. The number of carbonyl (C=O) groups excluding carboxylic acids is 2. The fourth-order valence-electron chi connectivity index (χ4n) is 2.86. The molecular weight excluding hydrogens is 304 g/mol. The Morgan fingerprint density at radius 1 is 1.46 bits per heavy atom. The Bertz CT molecular complexity index is 545. The van der Waals surface area contributed by atoms with Crippen molar-refractivity contribution in [2.75, 3.05) is 7.11 Å². The maximum Gasteiger partial charge on any atom is 0.250 e. The zero-order valence-corrected chi connectivity index (χ0v) is 14.9. The number of amides is 2. The molecule has 2 atom stereocenters. The molecule has 0 aromatic rings. The molecule has 132 valence electrons. The molecule has 0 saturated heterocycles. The second-order valence-corrected chi connectivity index (χ2v) is 5.87. The number of nitrogens with zero attached hydrogens (tertiary/aromatic N) is 1. The van der Waals surface area contributed by atoms with Gasteiger partial charge in [-0.2, -0.15) is 0 Å². The molecule has 5 heteroatoms. The Morgan fingerprint density at radius 2 is 2.17 bits per heavy atom. The van der Waals surface area contributed by atoms with Crippen LogP contribution < -0.4 is 5.32 Å². The zero-order valence-electron chi connectivity index (χ0n) is 14.9. The third-order valence-electron chi connectivity index (χ3n) is 4.00. The molecule has 1 aliphatic rings. The van der Waals surface area contributed by atoms with Crippen LogP contribution in [0, 0.1) is 12.3 Å². The normalized spacial score (nSPS) is 17.9. The summed E-state index contributed by atoms with van der Waals surface area (Å²) in [6, 6.07) is -0.719. The van der Waals surface area contributed by atoms with Crippen molar-refractivity contribution in [3.8, 4) is 12.3 Å². The van der Waals surface area contributed by atoms with Crippen LogP contribution in [0.2, 0.25) is 0 Å². The van der Waals surface area contributed by atoms with Gasteiger partial charge >= 0.3 is 0 Å². The minimum Gasteiger partial charge on any atom is -0.499 e. The summed E-state index contributed by atoms with van der Waals surface area (Å²) >= 11 is 0. The first kappa shape index (κ1) is 19.8. The average molecular weight is 332 g/mol. The Labute approximate surface area is 145 Å². The number of rotatable bonds is 9. The highest BCUT2D eigenvalue weighted by molar-refractivity contribution is 5.89. The minimum absolute atomic E-state index is 0.141. The number of methoxy groups -OCH3 is 1. The number of terminal acetylenes is 1. The maximum atomic E-state index is 13.0. The van der Waals surface area contributed by atoms with E-state index < -0.39 is 6.04 Å². The first-order chi connectivity index (χ1) is 11.5. The molecule has 1 rings (SSSR count). The molecule has 2 amide bonds. The Hall–Kier alpha value is -2.22. The third-order valence-corrected chi connectivity index (χ3v) is 4.00. The van der Waals surface area contributed by atoms with E-state index in [4.69, 9.17) is 11.2 Å². The van der Waals surface area contributed by atoms with E-state index in [9.17, 15) is 9.59 Å². The van der Waals surface area contributed by atoms with Gasteiger partial charge in [0.05, 0.1) is 13.2 Å². The predicted octanol–water partition coefficient (Wildman–Crippen LogP) is 2.74. The zero-order chi connectivity index (χ0) is 18.1. The van der Waals surface area contributed by atoms with Gasteiger partial charge in [-0.15, -0.1) is 12.3 Å². The molecule has 1 aliphatic heterocycles. The number of allylic oxidation sites excluding steroid dienone is 1. The van der Waals surface area contributed by atoms with Crippen molar-refractivity contribution in [1.82, 2.24) is 10.2 Å². The second kappa shape index (κ2) is 9.82. The van der Waals surface area contributed by atoms with Crippen LogP contribution in [0.1, 0.15) is 52.4 Å². The number of nitrogens with one attached hydrogen (secondary N) is 1. The van der Waals surface area contributed by atoms with E-state index in [1.807, 2.05) is 6.92 Å². The van der Waals surface area contributed by atoms with Crippen molar-refractivity contribution >= 4 is 11.8 Å². The number of carbonyl (C=O) groups is 2. The van der Waals surface area contributed by atoms with Crippen molar-refractivity contribution in [3.05, 3.63) is 24.1 Å². The molecule has 0 aromatic heterocycles. The summed E-state index contributed by atoms with van der Waals surface area (Å²) in [5.41, 5.74) is 0.606. The molecule has 0 saturated carbocycles. The summed E-state index contributed by atoms with van der Waals surface area (Å²) in [7, 11) is 1.60. The monoisotopic (exact) mass is 332 g/mol. The highest BCUT2D eigenvalue weighted by Gasteiger charge is 2.37. The van der Waals surface area contributed by atoms with Crippen LogP contribution in [0.25, 0.3) is 0 Å². The van der Waals surface area contributed by atoms with Crippen LogP contribution in [0.4, 0.5) is 0 Å². The molecule has 0 spiro atoms. The number of hydrogen-bond donors (Lipinski definition) is 1. The molecule has 0 aliphatic carbocycles. The number of ether oxygens (including phenoxy) is 1. The summed E-state index contributed by atoms with van der Waals surface area (Å²) in [5.74, 6) is 2.84. The SMILES string of the molecule is C#CCCC(=O)N[C@@H](CCC)C(=O)N1C(=C)C=C(OC)[C@@H]1CCC. The topological polar surface area (TPSA) is 58.6 Å². The minimum atomic E-state index is -0.569. The molecule has 0 unspecified atom stereocenters. The quantitative estimate of drug-likeness (QED) is 0.661. The summed E-state index contributed by atoms with van der Waals surface area (Å²) in [5, 5.41) is 2.81. The fourth-order valence-corrected chi connectivity index (χ4v) is 2.86. The van der Waals surface area contributed by atoms with Gasteiger partial charge < -0.3 is 15.0 Å². The van der Waals surface area contributed by atoms with Crippen molar-refractivity contribution in [2.24, 2.45) is 0 Å². The van der Waals surface area contributed by atoms with Gasteiger partial charge in [-0.05, 0) is 12.8 Å². The number of hydrogen-bond acceptors (Lipinski definition) is 3. The largest absolute Gasteiger partial charge is 0.499 e. The van der Waals surface area contributed by atoms with Crippen molar-refractivity contribution in [2.45, 2.75) is 64.5 Å². The Kier molecular flexibility index (Phi) is 8.11. The van der Waals surface area contributed by atoms with Crippen LogP contribution in [-0.4, -0.2) is 35.9 Å². The lowest BCUT2D eigenvalue weighted by Crippen LogP contribution is -2.50. The molecule has 0 aromatic carbocycles. The van der Waals surface area contributed by atoms with Crippen LogP contribution in [0.5, 0.6) is 0 Å². The molecule has 24 heavy (non-hydrogen) atoms. The lowest BCUT2D eigenvalue weighted by Gasteiger charge is -2.30. The smallest absolute Gasteiger partial charge is 0.250 e. The Balaban J connectivity index is 2.90. The van der Waals surface area contributed by atoms with Crippen LogP contribution in [-0.2, 0) is 14.3 Å². The van der Waals surface area contributed by atoms with E-state index in [1.54, 1.807) is 18.1 Å². The van der Waals surface area contributed by atoms with Gasteiger partial charge in [0.2, 0.25) is 11.8 Å². The van der Waals surface area contributed by atoms with E-state index in [0.717, 1.165) is 25.0 Å². The summed E-state index contributed by atoms with van der Waals surface area (Å²) in [6.45, 7) is 8.01. The van der Waals surface area contributed by atoms with Crippen LogP contribution in [0.15, 0.2) is 24.1 Å². The van der Waals surface area contributed by atoms with E-state index >= 15 is 0 Å². The molecule has 0 radical (unpaired) electrons. The van der Waals surface area contributed by atoms with E-state index in [-0.39, 0.29) is 24.3 Å². The molecule has 1 heterocycles. The van der Waals surface area contributed by atoms with E-state index in [1.165, 1.54) is 0 Å². The van der Waals surface area contributed by atoms with Gasteiger partial charge in [-0.25, -0.2) is 0 Å². The van der Waals surface area contributed by atoms with Crippen molar-refractivity contribution < 1.29 is 14.3 Å². The van der Waals surface area contributed by atoms with Gasteiger partial charge in [0.1, 0.15) is 11.8 Å². The molecular formula is C19H28N2O3. The summed E-state index contributed by atoms with van der Waals surface area (Å²) < 4.78 is 5.40. The van der Waals surface area contributed by atoms with E-state index in [0.29, 0.717) is 18.5 Å². The van der Waals surface area contributed by atoms with Gasteiger partial charge in [0.25, 0.3) is 0 Å². The first-order valence-corrected chi connectivity index (χ1v) is 8.50. The second-order valence-electron chi connectivity index (χ2n) is 5.87. The van der Waals surface area contributed by atoms with Crippen molar-refractivity contribution in [3.63, 3.8) is 0 Å². The standard InChI is InChI=1S/C19H28N2O3/c1-6-9-12-18(22)20-15(10-7-2)19(23)21-14(4)13-17(24-5)16(21)11-8-3/h1,13,15-16H,4,7-12H2,2-3,5H3,(H,20,22)/t15-,16-/m0/s1. The molecule has 0 fully saturated rings. The van der Waals surface area contributed by atoms with Gasteiger partial charge in [-0.1, -0.05) is 33.3 Å². The molecule has 5 nitrogen and oxygen atoms in total.